The van der Waals surface area contributed by atoms with E-state index in [0.717, 1.165) is 11.3 Å². The Morgan fingerprint density at radius 2 is 1.89 bits per heavy atom. The van der Waals surface area contributed by atoms with Crippen molar-refractivity contribution in [2.24, 2.45) is 5.92 Å². The number of likely N-dealkylation sites (tertiary alicyclic amines) is 1. The molecule has 2 aliphatic heterocycles. The van der Waals surface area contributed by atoms with Gasteiger partial charge in [-0.1, -0.05) is 0 Å². The van der Waals surface area contributed by atoms with E-state index in [1.165, 1.54) is 18.2 Å². The predicted octanol–water partition coefficient (Wildman–Crippen LogP) is 4.85. The summed E-state index contributed by atoms with van der Waals surface area (Å²) in [5, 5.41) is 5.76. The van der Waals surface area contributed by atoms with Crippen LogP contribution in [-0.2, 0) is 14.3 Å². The average molecular weight is 483 g/mol. The van der Waals surface area contributed by atoms with Crippen LogP contribution in [0.2, 0.25) is 0 Å². The number of hydrogen-bond acceptors (Lipinski definition) is 4. The van der Waals surface area contributed by atoms with Gasteiger partial charge in [0.2, 0.25) is 5.91 Å². The number of carbonyl (C=O) groups is 3. The number of halogens is 1. The van der Waals surface area contributed by atoms with Crippen molar-refractivity contribution in [1.29, 1.82) is 0 Å². The zero-order chi connectivity index (χ0) is 25.5. The highest BCUT2D eigenvalue weighted by Gasteiger charge is 2.31. The number of H-pyrrole nitrogens is 1. The van der Waals surface area contributed by atoms with Gasteiger partial charge in [-0.15, -0.1) is 0 Å². The molecule has 1 fully saturated rings. The van der Waals surface area contributed by atoms with Gasteiger partial charge in [0.25, 0.3) is 5.91 Å². The highest BCUT2D eigenvalue weighted by molar-refractivity contribution is 6.34. The van der Waals surface area contributed by atoms with Crippen LogP contribution in [-0.4, -0.2) is 46.5 Å². The molecular formula is C26H31FN4O4. The van der Waals surface area contributed by atoms with Gasteiger partial charge in [0.05, 0.1) is 11.3 Å². The molecule has 1 aromatic carbocycles. The largest absolute Gasteiger partial charge is 0.444 e. The van der Waals surface area contributed by atoms with Crippen LogP contribution in [0.1, 0.15) is 56.1 Å². The van der Waals surface area contributed by atoms with E-state index in [1.54, 1.807) is 11.0 Å². The van der Waals surface area contributed by atoms with Crippen molar-refractivity contribution in [2.75, 3.05) is 23.7 Å². The number of aryl methyl sites for hydroxylation is 1. The van der Waals surface area contributed by atoms with Crippen LogP contribution in [0.15, 0.2) is 18.2 Å². The molecule has 0 atom stereocenters. The number of ether oxygens (including phenoxy) is 1. The Morgan fingerprint density at radius 3 is 2.54 bits per heavy atom. The number of rotatable bonds is 3. The van der Waals surface area contributed by atoms with Crippen molar-refractivity contribution < 1.29 is 23.5 Å². The van der Waals surface area contributed by atoms with Crippen molar-refractivity contribution in [2.45, 2.75) is 53.1 Å². The van der Waals surface area contributed by atoms with E-state index >= 15 is 0 Å². The first kappa shape index (κ1) is 24.5. The van der Waals surface area contributed by atoms with E-state index in [0.29, 0.717) is 54.1 Å². The molecule has 2 aliphatic rings. The van der Waals surface area contributed by atoms with Crippen LogP contribution in [0.3, 0.4) is 0 Å². The van der Waals surface area contributed by atoms with Gasteiger partial charge in [-0.3, -0.25) is 9.59 Å². The maximum Gasteiger partial charge on any atom is 0.410 e. The fraction of sp³-hybridized carbons (Fsp3) is 0.423. The van der Waals surface area contributed by atoms with Gasteiger partial charge in [0.15, 0.2) is 0 Å². The number of benzene rings is 1. The molecule has 0 spiro atoms. The molecule has 3 heterocycles. The van der Waals surface area contributed by atoms with Gasteiger partial charge in [-0.25, -0.2) is 9.18 Å². The van der Waals surface area contributed by atoms with Gasteiger partial charge >= 0.3 is 6.09 Å². The number of fused-ring (bicyclic) bond motifs is 1. The Hall–Kier alpha value is -3.62. The first-order chi connectivity index (χ1) is 16.4. The standard InChI is InChI=1S/C26H31FN4O4/c1-14-21(13-19-18-12-17(27)6-7-20(18)29-24(19)33)28-15(2)22(14)30-23(32)16-8-10-31(11-9-16)25(34)35-26(3,4)5/h6-7,12-13,16,28H,8-11H2,1-5H3,(H,29,33)(H,30,32)/b19-13-. The minimum Gasteiger partial charge on any atom is -0.444 e. The number of hydrogen-bond donors (Lipinski definition) is 3. The summed E-state index contributed by atoms with van der Waals surface area (Å²) in [5.41, 5.74) is 3.74. The molecule has 1 saturated heterocycles. The van der Waals surface area contributed by atoms with Gasteiger partial charge in [0, 0.05) is 41.6 Å². The molecule has 3 N–H and O–H groups in total. The summed E-state index contributed by atoms with van der Waals surface area (Å²) in [6.07, 6.45) is 2.42. The number of nitrogens with zero attached hydrogens (tertiary/aromatic N) is 1. The minimum atomic E-state index is -0.558. The summed E-state index contributed by atoms with van der Waals surface area (Å²) in [6, 6.07) is 4.17. The molecule has 4 rings (SSSR count). The van der Waals surface area contributed by atoms with E-state index in [9.17, 15) is 18.8 Å². The fourth-order valence-electron chi connectivity index (χ4n) is 4.43. The Kier molecular flexibility index (Phi) is 6.44. The molecule has 3 amide bonds. The number of piperidine rings is 1. The van der Waals surface area contributed by atoms with Gasteiger partial charge in [-0.2, -0.15) is 0 Å². The fourth-order valence-corrected chi connectivity index (χ4v) is 4.43. The monoisotopic (exact) mass is 482 g/mol. The number of aromatic nitrogens is 1. The highest BCUT2D eigenvalue weighted by atomic mass is 19.1. The number of anilines is 2. The Bertz CT molecular complexity index is 1220. The maximum absolute atomic E-state index is 13.8. The highest BCUT2D eigenvalue weighted by Crippen LogP contribution is 2.35. The zero-order valence-electron chi connectivity index (χ0n) is 20.7. The number of aromatic amines is 1. The summed E-state index contributed by atoms with van der Waals surface area (Å²) in [6.45, 7) is 10.1. The topological polar surface area (TPSA) is 104 Å². The summed E-state index contributed by atoms with van der Waals surface area (Å²) in [7, 11) is 0. The molecule has 9 heteroatoms. The molecule has 8 nitrogen and oxygen atoms in total. The maximum atomic E-state index is 13.8. The van der Waals surface area contributed by atoms with Crippen molar-refractivity contribution >= 4 is 40.9 Å². The summed E-state index contributed by atoms with van der Waals surface area (Å²) < 4.78 is 19.2. The molecule has 186 valence electrons. The Labute approximate surface area is 203 Å². The first-order valence-corrected chi connectivity index (χ1v) is 11.7. The van der Waals surface area contributed by atoms with Crippen LogP contribution in [0, 0.1) is 25.6 Å². The molecule has 0 radical (unpaired) electrons. The van der Waals surface area contributed by atoms with Gasteiger partial charge in [-0.05, 0) is 77.3 Å². The normalized spacial score (nSPS) is 17.4. The molecule has 0 aliphatic carbocycles. The number of amides is 3. The number of carbonyl (C=O) groups excluding carboxylic acids is 3. The van der Waals surface area contributed by atoms with Crippen LogP contribution < -0.4 is 10.6 Å². The Balaban J connectivity index is 1.45. The van der Waals surface area contributed by atoms with Crippen molar-refractivity contribution in [3.05, 3.63) is 46.5 Å². The van der Waals surface area contributed by atoms with E-state index in [4.69, 9.17) is 4.74 Å². The smallest absolute Gasteiger partial charge is 0.410 e. The van der Waals surface area contributed by atoms with Gasteiger partial charge < -0.3 is 25.3 Å². The molecule has 0 unspecified atom stereocenters. The lowest BCUT2D eigenvalue weighted by molar-refractivity contribution is -0.121. The molecule has 0 bridgehead atoms. The van der Waals surface area contributed by atoms with Crippen molar-refractivity contribution in [1.82, 2.24) is 9.88 Å². The third-order valence-electron chi connectivity index (χ3n) is 6.30. The summed E-state index contributed by atoms with van der Waals surface area (Å²) in [4.78, 5) is 42.6. The van der Waals surface area contributed by atoms with Crippen LogP contribution in [0.5, 0.6) is 0 Å². The molecular weight excluding hydrogens is 451 g/mol. The second-order valence-electron chi connectivity index (χ2n) is 10.1. The minimum absolute atomic E-state index is 0.107. The van der Waals surface area contributed by atoms with E-state index in [-0.39, 0.29) is 23.8 Å². The van der Waals surface area contributed by atoms with Crippen LogP contribution in [0.4, 0.5) is 20.6 Å². The predicted molar refractivity (Wildman–Crippen MR) is 132 cm³/mol. The second-order valence-corrected chi connectivity index (χ2v) is 10.1. The van der Waals surface area contributed by atoms with Crippen molar-refractivity contribution in [3.63, 3.8) is 0 Å². The van der Waals surface area contributed by atoms with Gasteiger partial charge in [0.1, 0.15) is 11.4 Å². The second kappa shape index (κ2) is 9.20. The SMILES string of the molecule is Cc1[nH]c(/C=C2\C(=O)Nc3ccc(F)cc32)c(C)c1NC(=O)C1CCN(C(=O)OC(C)(C)C)CC1. The van der Waals surface area contributed by atoms with Crippen LogP contribution >= 0.6 is 0 Å². The molecule has 2 aromatic rings. The lowest BCUT2D eigenvalue weighted by Crippen LogP contribution is -2.43. The average Bonchev–Trinajstić information content (AvgIpc) is 3.23. The summed E-state index contributed by atoms with van der Waals surface area (Å²) in [5.74, 6) is -1.06. The van der Waals surface area contributed by atoms with Crippen LogP contribution in [0.25, 0.3) is 11.6 Å². The van der Waals surface area contributed by atoms with E-state index in [1.807, 2.05) is 34.6 Å². The lowest BCUT2D eigenvalue weighted by atomic mass is 9.96. The third kappa shape index (κ3) is 5.23. The number of nitrogens with one attached hydrogen (secondary N) is 3. The quantitative estimate of drug-likeness (QED) is 0.544. The van der Waals surface area contributed by atoms with Crippen molar-refractivity contribution in [3.8, 4) is 0 Å². The Morgan fingerprint density at radius 1 is 1.20 bits per heavy atom. The first-order valence-electron chi connectivity index (χ1n) is 11.7. The van der Waals surface area contributed by atoms with E-state index < -0.39 is 11.4 Å². The molecule has 0 saturated carbocycles. The zero-order valence-corrected chi connectivity index (χ0v) is 20.7. The third-order valence-corrected chi connectivity index (χ3v) is 6.30. The molecule has 1 aromatic heterocycles. The summed E-state index contributed by atoms with van der Waals surface area (Å²) >= 11 is 0. The van der Waals surface area contributed by atoms with E-state index in [2.05, 4.69) is 15.6 Å². The molecule has 35 heavy (non-hydrogen) atoms. The lowest BCUT2D eigenvalue weighted by Gasteiger charge is -2.33.